The minimum absolute atomic E-state index is 0.0479. The number of aliphatic hydroxyl groups excluding tert-OH is 3. The van der Waals surface area contributed by atoms with Gasteiger partial charge in [-0.15, -0.1) is 0 Å². The molecule has 8 nitrogen and oxygen atoms in total. The van der Waals surface area contributed by atoms with Crippen molar-refractivity contribution in [3.05, 3.63) is 0 Å². The van der Waals surface area contributed by atoms with Crippen LogP contribution in [-0.4, -0.2) is 64.8 Å². The van der Waals surface area contributed by atoms with Crippen LogP contribution in [0.15, 0.2) is 0 Å². The van der Waals surface area contributed by atoms with Crippen LogP contribution in [0.1, 0.15) is 78.6 Å². The summed E-state index contributed by atoms with van der Waals surface area (Å²) in [4.78, 5) is 12.2. The van der Waals surface area contributed by atoms with Gasteiger partial charge in [-0.05, 0) is 97.7 Å². The highest BCUT2D eigenvalue weighted by Crippen LogP contribution is 2.68. The van der Waals surface area contributed by atoms with E-state index in [4.69, 9.17) is 4.55 Å². The first kappa shape index (κ1) is 27.3. The number of amides is 1. The summed E-state index contributed by atoms with van der Waals surface area (Å²) in [5, 5.41) is 35.4. The Hall–Kier alpha value is -0.740. The topological polar surface area (TPSA) is 144 Å². The maximum Gasteiger partial charge on any atom is 0.266 e. The van der Waals surface area contributed by atoms with Crippen LogP contribution in [0.5, 0.6) is 0 Å². The Bertz CT molecular complexity index is 896. The van der Waals surface area contributed by atoms with Crippen LogP contribution in [0.3, 0.4) is 0 Å². The van der Waals surface area contributed by atoms with Crippen LogP contribution in [0, 0.1) is 46.3 Å². The smallest absolute Gasteiger partial charge is 0.266 e. The lowest BCUT2D eigenvalue weighted by Gasteiger charge is -2.63. The normalized spacial score (nSPS) is 46.3. The highest BCUT2D eigenvalue weighted by Gasteiger charge is 2.65. The minimum Gasteiger partial charge on any atom is -0.393 e. The zero-order valence-electron chi connectivity index (χ0n) is 21.4. The Balaban J connectivity index is 1.42. The molecule has 0 aromatic heterocycles. The van der Waals surface area contributed by atoms with Gasteiger partial charge in [0, 0.05) is 13.0 Å². The number of nitrogens with one attached hydrogen (secondary N) is 1. The number of aliphatic hydroxyl groups is 3. The first-order chi connectivity index (χ1) is 16.3. The van der Waals surface area contributed by atoms with Crippen molar-refractivity contribution in [2.45, 2.75) is 96.9 Å². The lowest BCUT2D eigenvalue weighted by atomic mass is 9.43. The third-order valence-electron chi connectivity index (χ3n) is 11.0. The van der Waals surface area contributed by atoms with Gasteiger partial charge in [0.25, 0.3) is 10.1 Å². The zero-order valence-corrected chi connectivity index (χ0v) is 22.2. The number of hydrogen-bond donors (Lipinski definition) is 5. The first-order valence-corrected chi connectivity index (χ1v) is 15.1. The van der Waals surface area contributed by atoms with Gasteiger partial charge in [0.05, 0.1) is 24.1 Å². The molecule has 4 aliphatic carbocycles. The standard InChI is InChI=1S/C26H45NO7S/c1-15(4-7-21(29)27-12-13-35(32,33)34)17-5-6-18-22-19(9-11-25(17,18)2)26(3)10-8-16(28)14-20(26)23(30)24(22)31/h15-20,22-24,28,30-31H,4-14H2,1-3H3,(H,27,29)(H,32,33,34)/t15-,16+,17+,18-,19-,20-,22-,23-,24+,25+,26+/m0/s1. The van der Waals surface area contributed by atoms with Crippen molar-refractivity contribution in [3.63, 3.8) is 0 Å². The number of carbonyl (C=O) groups excluding carboxylic acids is 1. The summed E-state index contributed by atoms with van der Waals surface area (Å²) in [6.45, 7) is 6.75. The van der Waals surface area contributed by atoms with Gasteiger partial charge in [0.15, 0.2) is 0 Å². The molecule has 202 valence electrons. The number of rotatable bonds is 7. The fourth-order valence-corrected chi connectivity index (χ4v) is 9.54. The molecule has 4 rings (SSSR count). The number of carbonyl (C=O) groups is 1. The fourth-order valence-electron chi connectivity index (χ4n) is 9.18. The van der Waals surface area contributed by atoms with Crippen LogP contribution in [0.25, 0.3) is 0 Å². The van der Waals surface area contributed by atoms with E-state index in [-0.39, 0.29) is 41.2 Å². The van der Waals surface area contributed by atoms with E-state index in [0.29, 0.717) is 42.9 Å². The van der Waals surface area contributed by atoms with Crippen LogP contribution in [-0.2, 0) is 14.9 Å². The lowest BCUT2D eigenvalue weighted by Crippen LogP contribution is -2.64. The molecule has 0 bridgehead atoms. The molecule has 0 aliphatic heterocycles. The average molecular weight is 516 g/mol. The number of fused-ring (bicyclic) bond motifs is 5. The quantitative estimate of drug-likeness (QED) is 0.327. The Kier molecular flexibility index (Phi) is 7.69. The maximum atomic E-state index is 12.2. The summed E-state index contributed by atoms with van der Waals surface area (Å²) < 4.78 is 30.5. The molecule has 4 saturated carbocycles. The Morgan fingerprint density at radius 1 is 0.971 bits per heavy atom. The highest BCUT2D eigenvalue weighted by molar-refractivity contribution is 7.85. The van der Waals surface area contributed by atoms with Gasteiger partial charge in [-0.3, -0.25) is 9.35 Å². The summed E-state index contributed by atoms with van der Waals surface area (Å²) in [6.07, 6.45) is 5.54. The maximum absolute atomic E-state index is 12.2. The number of hydrogen-bond acceptors (Lipinski definition) is 6. The molecule has 9 heteroatoms. The van der Waals surface area contributed by atoms with Crippen molar-refractivity contribution in [2.24, 2.45) is 46.3 Å². The molecule has 0 aromatic carbocycles. The van der Waals surface area contributed by atoms with E-state index in [0.717, 1.165) is 38.5 Å². The van der Waals surface area contributed by atoms with Gasteiger partial charge >= 0.3 is 0 Å². The van der Waals surface area contributed by atoms with Crippen molar-refractivity contribution < 1.29 is 33.1 Å². The van der Waals surface area contributed by atoms with Gasteiger partial charge in [-0.2, -0.15) is 8.42 Å². The second-order valence-electron chi connectivity index (χ2n) is 12.7. The van der Waals surface area contributed by atoms with Gasteiger partial charge in [0.2, 0.25) is 5.91 Å². The van der Waals surface area contributed by atoms with Gasteiger partial charge in [0.1, 0.15) is 0 Å². The SMILES string of the molecule is C[C@@H](CCC(=O)NCCS(=O)(=O)O)[C@H]1CC[C@H]2[C@@H]3[C@@H](O)[C@@H](O)[C@@H]4C[C@H](O)CC[C@]4(C)[C@H]3CC[C@]12C. The summed E-state index contributed by atoms with van der Waals surface area (Å²) in [5.41, 5.74) is 0.00776. The summed E-state index contributed by atoms with van der Waals surface area (Å²) in [6, 6.07) is 0. The summed E-state index contributed by atoms with van der Waals surface area (Å²) >= 11 is 0. The largest absolute Gasteiger partial charge is 0.393 e. The van der Waals surface area contributed by atoms with Crippen LogP contribution in [0.4, 0.5) is 0 Å². The van der Waals surface area contributed by atoms with E-state index >= 15 is 0 Å². The van der Waals surface area contributed by atoms with Crippen molar-refractivity contribution in [1.29, 1.82) is 0 Å². The van der Waals surface area contributed by atoms with Gasteiger partial charge in [-0.25, -0.2) is 0 Å². The molecule has 1 amide bonds. The summed E-state index contributed by atoms with van der Waals surface area (Å²) in [7, 11) is -4.08. The van der Waals surface area contributed by atoms with Crippen molar-refractivity contribution in [2.75, 3.05) is 12.3 Å². The van der Waals surface area contributed by atoms with Crippen LogP contribution >= 0.6 is 0 Å². The van der Waals surface area contributed by atoms with Crippen molar-refractivity contribution in [3.8, 4) is 0 Å². The molecule has 0 aromatic rings. The van der Waals surface area contributed by atoms with Crippen LogP contribution in [0.2, 0.25) is 0 Å². The lowest BCUT2D eigenvalue weighted by molar-refractivity contribution is -0.223. The third kappa shape index (κ3) is 5.05. The van der Waals surface area contributed by atoms with E-state index in [2.05, 4.69) is 26.1 Å². The molecule has 0 saturated heterocycles. The minimum atomic E-state index is -4.08. The molecule has 4 fully saturated rings. The molecule has 4 aliphatic rings. The molecule has 11 atom stereocenters. The average Bonchev–Trinajstić information content (AvgIpc) is 3.13. The molecular weight excluding hydrogens is 470 g/mol. The van der Waals surface area contributed by atoms with Gasteiger partial charge in [-0.1, -0.05) is 20.8 Å². The third-order valence-corrected chi connectivity index (χ3v) is 11.7. The molecule has 5 N–H and O–H groups in total. The predicted molar refractivity (Wildman–Crippen MR) is 132 cm³/mol. The van der Waals surface area contributed by atoms with E-state index in [1.54, 1.807) is 0 Å². The molecular formula is C26H45NO7S. The van der Waals surface area contributed by atoms with Crippen LogP contribution < -0.4 is 5.32 Å². The predicted octanol–water partition coefficient (Wildman–Crippen LogP) is 2.37. The monoisotopic (exact) mass is 515 g/mol. The Morgan fingerprint density at radius 3 is 2.31 bits per heavy atom. The fraction of sp³-hybridized carbons (Fsp3) is 0.962. The second-order valence-corrected chi connectivity index (χ2v) is 14.3. The molecule has 0 unspecified atom stereocenters. The van der Waals surface area contributed by atoms with Crippen molar-refractivity contribution >= 4 is 16.0 Å². The van der Waals surface area contributed by atoms with E-state index in [9.17, 15) is 28.5 Å². The van der Waals surface area contributed by atoms with Gasteiger partial charge < -0.3 is 20.6 Å². The molecule has 0 spiro atoms. The summed E-state index contributed by atoms with van der Waals surface area (Å²) in [5.74, 6) is 0.781. The van der Waals surface area contributed by atoms with E-state index < -0.39 is 28.1 Å². The molecule has 35 heavy (non-hydrogen) atoms. The Labute approximate surface area is 210 Å². The first-order valence-electron chi connectivity index (χ1n) is 13.5. The highest BCUT2D eigenvalue weighted by atomic mass is 32.2. The second kappa shape index (κ2) is 9.86. The van der Waals surface area contributed by atoms with E-state index in [1.165, 1.54) is 0 Å². The Morgan fingerprint density at radius 2 is 1.63 bits per heavy atom. The van der Waals surface area contributed by atoms with Crippen molar-refractivity contribution in [1.82, 2.24) is 5.32 Å². The zero-order chi connectivity index (χ0) is 25.8. The molecule has 0 heterocycles. The van der Waals surface area contributed by atoms with E-state index in [1.807, 2.05) is 0 Å². The molecule has 0 radical (unpaired) electrons.